The number of aromatic nitrogens is 2. The molecule has 6 heteroatoms. The average molecular weight is 252 g/mol. The molecular formula is C12H20N4O2. The van der Waals surface area contributed by atoms with Gasteiger partial charge >= 0.3 is 5.69 Å². The molecule has 1 fully saturated rings. The van der Waals surface area contributed by atoms with Crippen molar-refractivity contribution < 1.29 is 4.79 Å². The Morgan fingerprint density at radius 3 is 2.89 bits per heavy atom. The Kier molecular flexibility index (Phi) is 3.86. The highest BCUT2D eigenvalue weighted by Gasteiger charge is 2.33. The minimum Gasteiger partial charge on any atom is -0.334 e. The van der Waals surface area contributed by atoms with E-state index in [1.54, 1.807) is 0 Å². The number of hydrogen-bond donors (Lipinski definition) is 3. The number of nitrogens with one attached hydrogen (secondary N) is 2. The summed E-state index contributed by atoms with van der Waals surface area (Å²) in [5.74, 6) is 0.251. The molecule has 1 aliphatic rings. The molecule has 0 spiro atoms. The topological polar surface area (TPSA) is 95.0 Å². The maximum atomic E-state index is 12.3. The number of hydrogen-bond acceptors (Lipinski definition) is 3. The minimum atomic E-state index is -0.351. The van der Waals surface area contributed by atoms with Gasteiger partial charge in [0.25, 0.3) is 5.91 Å². The lowest BCUT2D eigenvalue weighted by Gasteiger charge is -2.31. The third-order valence-electron chi connectivity index (χ3n) is 3.75. The van der Waals surface area contributed by atoms with Crippen molar-refractivity contribution in [3.8, 4) is 0 Å². The van der Waals surface area contributed by atoms with Gasteiger partial charge in [0.1, 0.15) is 5.69 Å². The van der Waals surface area contributed by atoms with Crippen molar-refractivity contribution in [2.24, 2.45) is 11.7 Å². The summed E-state index contributed by atoms with van der Waals surface area (Å²) in [6, 6.07) is 0.200. The van der Waals surface area contributed by atoms with E-state index in [2.05, 4.69) is 9.97 Å². The minimum absolute atomic E-state index is 0.124. The first-order valence-corrected chi connectivity index (χ1v) is 6.46. The molecule has 1 aliphatic carbocycles. The Labute approximate surface area is 106 Å². The number of amides is 1. The van der Waals surface area contributed by atoms with Crippen molar-refractivity contribution >= 4 is 5.91 Å². The number of H-pyrrole nitrogens is 2. The molecule has 0 aliphatic heterocycles. The third kappa shape index (κ3) is 2.33. The molecule has 2 atom stereocenters. The second kappa shape index (κ2) is 5.39. The lowest BCUT2D eigenvalue weighted by Crippen LogP contribution is -2.44. The van der Waals surface area contributed by atoms with Gasteiger partial charge in [0.15, 0.2) is 0 Å². The van der Waals surface area contributed by atoms with Crippen LogP contribution < -0.4 is 11.4 Å². The molecule has 6 nitrogen and oxygen atoms in total. The number of rotatable bonds is 4. The molecule has 0 saturated heterocycles. The first-order valence-electron chi connectivity index (χ1n) is 6.46. The smallest absolute Gasteiger partial charge is 0.323 e. The summed E-state index contributed by atoms with van der Waals surface area (Å²) >= 11 is 0. The highest BCUT2D eigenvalue weighted by atomic mass is 16.2. The van der Waals surface area contributed by atoms with Gasteiger partial charge in [-0.1, -0.05) is 6.42 Å². The standard InChI is InChI=1S/C12H20N4O2/c1-2-16(10-5-3-4-8(10)6-13)11(17)9-7-14-12(18)15-9/h7-8,10H,2-6,13H2,1H3,(H2,14,15,18). The predicted octanol–water partition coefficient (Wildman–Crippen LogP) is 0.293. The number of carbonyl (C=O) groups excluding carboxylic acids is 1. The fourth-order valence-corrected chi connectivity index (χ4v) is 2.83. The molecule has 0 bridgehead atoms. The summed E-state index contributed by atoms with van der Waals surface area (Å²) in [6.07, 6.45) is 4.62. The van der Waals surface area contributed by atoms with Crippen LogP contribution in [0.5, 0.6) is 0 Å². The number of nitrogens with two attached hydrogens (primary N) is 1. The fourth-order valence-electron chi connectivity index (χ4n) is 2.83. The maximum absolute atomic E-state index is 12.3. The molecule has 0 radical (unpaired) electrons. The molecule has 2 unspecified atom stereocenters. The van der Waals surface area contributed by atoms with Crippen molar-refractivity contribution in [1.82, 2.24) is 14.9 Å². The Morgan fingerprint density at radius 2 is 2.33 bits per heavy atom. The van der Waals surface area contributed by atoms with Gasteiger partial charge in [-0.05, 0) is 32.2 Å². The first-order chi connectivity index (χ1) is 8.67. The average Bonchev–Trinajstić information content (AvgIpc) is 2.98. The van der Waals surface area contributed by atoms with E-state index in [1.165, 1.54) is 6.20 Å². The van der Waals surface area contributed by atoms with Gasteiger partial charge in [-0.3, -0.25) is 4.79 Å². The zero-order valence-electron chi connectivity index (χ0n) is 10.6. The van der Waals surface area contributed by atoms with E-state index in [0.717, 1.165) is 19.3 Å². The van der Waals surface area contributed by atoms with Crippen LogP contribution >= 0.6 is 0 Å². The van der Waals surface area contributed by atoms with Crippen LogP contribution in [0.1, 0.15) is 36.7 Å². The summed E-state index contributed by atoms with van der Waals surface area (Å²) in [6.45, 7) is 3.19. The maximum Gasteiger partial charge on any atom is 0.323 e. The third-order valence-corrected chi connectivity index (χ3v) is 3.75. The van der Waals surface area contributed by atoms with Crippen molar-refractivity contribution in [3.63, 3.8) is 0 Å². The molecule has 1 saturated carbocycles. The van der Waals surface area contributed by atoms with Gasteiger partial charge in [0, 0.05) is 18.8 Å². The highest BCUT2D eigenvalue weighted by molar-refractivity contribution is 5.92. The molecule has 2 rings (SSSR count). The van der Waals surface area contributed by atoms with Crippen molar-refractivity contribution in [1.29, 1.82) is 0 Å². The SMILES string of the molecule is CCN(C(=O)c1c[nH]c(=O)[nH]1)C1CCCC1CN. The van der Waals surface area contributed by atoms with Gasteiger partial charge in [-0.25, -0.2) is 4.79 Å². The van der Waals surface area contributed by atoms with Crippen molar-refractivity contribution in [2.45, 2.75) is 32.2 Å². The van der Waals surface area contributed by atoms with Crippen LogP contribution in [0.2, 0.25) is 0 Å². The van der Waals surface area contributed by atoms with Gasteiger partial charge in [-0.15, -0.1) is 0 Å². The molecule has 100 valence electrons. The molecule has 1 amide bonds. The Bertz CT molecular complexity index is 465. The van der Waals surface area contributed by atoms with Gasteiger partial charge in [0.2, 0.25) is 0 Å². The van der Waals surface area contributed by atoms with E-state index < -0.39 is 0 Å². The van der Waals surface area contributed by atoms with Crippen LogP contribution in [-0.2, 0) is 0 Å². The number of nitrogens with zero attached hydrogens (tertiary/aromatic N) is 1. The molecular weight excluding hydrogens is 232 g/mol. The van der Waals surface area contributed by atoms with Crippen molar-refractivity contribution in [3.05, 3.63) is 22.4 Å². The summed E-state index contributed by atoms with van der Waals surface area (Å²) in [4.78, 5) is 30.2. The van der Waals surface area contributed by atoms with E-state index in [-0.39, 0.29) is 17.6 Å². The van der Waals surface area contributed by atoms with Crippen LogP contribution in [0.4, 0.5) is 0 Å². The summed E-state index contributed by atoms with van der Waals surface area (Å²) in [5, 5.41) is 0. The quantitative estimate of drug-likeness (QED) is 0.719. The van der Waals surface area contributed by atoms with E-state index in [4.69, 9.17) is 5.73 Å². The van der Waals surface area contributed by atoms with E-state index in [1.807, 2.05) is 11.8 Å². The summed E-state index contributed by atoms with van der Waals surface area (Å²) < 4.78 is 0. The second-order valence-electron chi connectivity index (χ2n) is 4.74. The number of imidazole rings is 1. The first kappa shape index (κ1) is 12.9. The molecule has 0 aromatic carbocycles. The zero-order valence-corrected chi connectivity index (χ0v) is 10.6. The molecule has 18 heavy (non-hydrogen) atoms. The molecule has 4 N–H and O–H groups in total. The van der Waals surface area contributed by atoms with Gasteiger partial charge in [0.05, 0.1) is 0 Å². The summed E-state index contributed by atoms with van der Waals surface area (Å²) in [7, 11) is 0. The van der Waals surface area contributed by atoms with E-state index in [0.29, 0.717) is 24.7 Å². The molecule has 1 aromatic rings. The van der Waals surface area contributed by atoms with Gasteiger partial charge in [-0.2, -0.15) is 0 Å². The largest absolute Gasteiger partial charge is 0.334 e. The van der Waals surface area contributed by atoms with Crippen molar-refractivity contribution in [2.75, 3.05) is 13.1 Å². The van der Waals surface area contributed by atoms with Gasteiger partial charge < -0.3 is 20.6 Å². The van der Waals surface area contributed by atoms with Crippen LogP contribution in [0.25, 0.3) is 0 Å². The normalized spacial score (nSPS) is 23.2. The Balaban J connectivity index is 2.18. The Morgan fingerprint density at radius 1 is 1.56 bits per heavy atom. The zero-order chi connectivity index (χ0) is 13.1. The van der Waals surface area contributed by atoms with Crippen LogP contribution in [0.3, 0.4) is 0 Å². The second-order valence-corrected chi connectivity index (χ2v) is 4.74. The Hall–Kier alpha value is -1.56. The van der Waals surface area contributed by atoms with Crippen LogP contribution in [-0.4, -0.2) is 39.9 Å². The molecule has 1 aromatic heterocycles. The highest BCUT2D eigenvalue weighted by Crippen LogP contribution is 2.29. The lowest BCUT2D eigenvalue weighted by molar-refractivity contribution is 0.0646. The fraction of sp³-hybridized carbons (Fsp3) is 0.667. The van der Waals surface area contributed by atoms with E-state index in [9.17, 15) is 9.59 Å². The number of carbonyl (C=O) groups is 1. The monoisotopic (exact) mass is 252 g/mol. The predicted molar refractivity (Wildman–Crippen MR) is 68.3 cm³/mol. The molecule has 1 heterocycles. The van der Waals surface area contributed by atoms with Crippen LogP contribution in [0, 0.1) is 5.92 Å². The lowest BCUT2D eigenvalue weighted by atomic mass is 10.0. The van der Waals surface area contributed by atoms with E-state index >= 15 is 0 Å². The van der Waals surface area contributed by atoms with Crippen LogP contribution in [0.15, 0.2) is 11.0 Å². The number of aromatic amines is 2. The summed E-state index contributed by atoms with van der Waals surface area (Å²) in [5.41, 5.74) is 5.73.